The van der Waals surface area contributed by atoms with E-state index in [2.05, 4.69) is 171 Å². The molecule has 4 aromatic carbocycles. The van der Waals surface area contributed by atoms with Gasteiger partial charge in [-0.25, -0.2) is 5.84 Å². The van der Waals surface area contributed by atoms with Gasteiger partial charge in [0.25, 0.3) is 0 Å². The van der Waals surface area contributed by atoms with Crippen LogP contribution in [0.2, 0.25) is 0 Å². The third-order valence-corrected chi connectivity index (χ3v) is 14.0. The van der Waals surface area contributed by atoms with Gasteiger partial charge in [-0.3, -0.25) is 10.0 Å². The minimum absolute atomic E-state index is 0.175. The van der Waals surface area contributed by atoms with Crippen molar-refractivity contribution in [2.75, 3.05) is 23.0 Å². The van der Waals surface area contributed by atoms with E-state index in [1.54, 1.807) is 5.01 Å². The average Bonchev–Trinajstić information content (AvgIpc) is 3.79. The Morgan fingerprint density at radius 3 is 1.94 bits per heavy atom. The Morgan fingerprint density at radius 1 is 0.826 bits per heavy atom. The van der Waals surface area contributed by atoms with Crippen LogP contribution in [0.4, 0.5) is 17.1 Å². The topological polar surface area (TPSA) is 74.1 Å². The molecule has 1 aliphatic heterocycles. The smallest absolute Gasteiger partial charge is 0.0704 e. The zero-order valence-corrected chi connectivity index (χ0v) is 44.4. The Hall–Kier alpha value is -5.69. The summed E-state index contributed by atoms with van der Waals surface area (Å²) >= 11 is 0. The van der Waals surface area contributed by atoms with Crippen molar-refractivity contribution in [1.29, 1.82) is 0 Å². The third-order valence-electron chi connectivity index (χ3n) is 14.0. The van der Waals surface area contributed by atoms with Crippen LogP contribution in [0.25, 0.3) is 22.4 Å². The predicted octanol–water partition coefficient (Wildman–Crippen LogP) is 15.8. The van der Waals surface area contributed by atoms with Gasteiger partial charge in [-0.05, 0) is 196 Å². The van der Waals surface area contributed by atoms with Crippen molar-refractivity contribution >= 4 is 45.7 Å². The number of rotatable bonds is 26. The van der Waals surface area contributed by atoms with Crippen molar-refractivity contribution in [2.45, 2.75) is 151 Å². The number of nitrogens with two attached hydrogens (primary N) is 2. The molecule has 0 spiro atoms. The molecule has 0 saturated heterocycles. The Labute approximate surface area is 419 Å². The average molecular weight is 927 g/mol. The molecule has 69 heavy (non-hydrogen) atoms. The highest BCUT2D eigenvalue weighted by molar-refractivity contribution is 5.82. The molecule has 0 fully saturated rings. The first kappa shape index (κ1) is 54.3. The normalized spacial score (nSPS) is 14.9. The number of hydrogen-bond donors (Lipinski definition) is 2. The summed E-state index contributed by atoms with van der Waals surface area (Å²) < 4.78 is 0. The van der Waals surface area contributed by atoms with Crippen LogP contribution in [0.1, 0.15) is 157 Å². The molecule has 0 aromatic heterocycles. The summed E-state index contributed by atoms with van der Waals surface area (Å²) in [5.74, 6) is 6.62. The fourth-order valence-electron chi connectivity index (χ4n) is 9.75. The van der Waals surface area contributed by atoms with Crippen LogP contribution in [-0.4, -0.2) is 35.8 Å². The third kappa shape index (κ3) is 14.0. The zero-order valence-electron chi connectivity index (χ0n) is 44.4. The van der Waals surface area contributed by atoms with E-state index in [-0.39, 0.29) is 12.0 Å². The number of anilines is 2. The SMILES string of the molecule is C=CC1CC(c2ccc(N(CCC)CCC)cc2)=CN1C(=C)c1cc(CC)c(CCCCCc2cc(N=C[C@](C)(N)C/C(=C\C)c3ccc(N(N)C(=C)C(C)C)cc3)c(C(=C)C)cc2CC)cc1C. The molecule has 368 valence electrons. The minimum atomic E-state index is -0.676. The maximum absolute atomic E-state index is 6.99. The largest absolute Gasteiger partial charge is 0.372 e. The van der Waals surface area contributed by atoms with E-state index in [9.17, 15) is 0 Å². The summed E-state index contributed by atoms with van der Waals surface area (Å²) in [6.45, 7) is 41.2. The molecule has 1 heterocycles. The monoisotopic (exact) mass is 927 g/mol. The van der Waals surface area contributed by atoms with E-state index in [4.69, 9.17) is 23.1 Å². The number of aryl methyl sites for hydroxylation is 5. The molecule has 0 bridgehead atoms. The predicted molar refractivity (Wildman–Crippen MR) is 305 cm³/mol. The fraction of sp³-hybridized carbons (Fsp3) is 0.413. The molecule has 4 N–H and O–H groups in total. The van der Waals surface area contributed by atoms with Crippen molar-refractivity contribution in [3.8, 4) is 0 Å². The second kappa shape index (κ2) is 25.3. The molecule has 1 aliphatic rings. The molecular formula is C63H86N6. The first-order valence-electron chi connectivity index (χ1n) is 25.9. The van der Waals surface area contributed by atoms with Gasteiger partial charge in [0.05, 0.1) is 23.0 Å². The lowest BCUT2D eigenvalue weighted by atomic mass is 9.90. The summed E-state index contributed by atoms with van der Waals surface area (Å²) in [6.07, 6.45) is 19.8. The summed E-state index contributed by atoms with van der Waals surface area (Å²) in [7, 11) is 0. The standard InChI is InChI=1S/C63H86N6/c1-15-34-67(35-16-2)58-30-26-53(27-31-58)56-37-57(20-6)68(42-56)48(13)61-39-50(18-4)54(36-46(61)11)24-22-21-23-25-55-40-62(60(45(9)10)38-49(55)17-3)66-43-63(14,64)41-51(19-5)52-28-32-59(33-29-52)69(65)47(12)44(7)8/h19-20,26-33,36,38-40,42-44,57H,6,9,12-13,15-18,21-25,34-35,37,41,64-65H2,1-5,7-8,10-11,14H3/b51-19+,66-43?/t57?,63-/m1/s1. The highest BCUT2D eigenvalue weighted by atomic mass is 15.4. The van der Waals surface area contributed by atoms with Crippen molar-refractivity contribution < 1.29 is 0 Å². The zero-order chi connectivity index (χ0) is 50.4. The van der Waals surface area contributed by atoms with Gasteiger partial charge in [0.1, 0.15) is 0 Å². The second-order valence-electron chi connectivity index (χ2n) is 20.0. The number of benzene rings is 4. The quantitative estimate of drug-likeness (QED) is 0.0216. The van der Waals surface area contributed by atoms with Gasteiger partial charge in [-0.2, -0.15) is 0 Å². The number of unbranched alkanes of at least 4 members (excludes halogenated alkanes) is 2. The van der Waals surface area contributed by atoms with E-state index in [1.807, 2.05) is 25.3 Å². The second-order valence-corrected chi connectivity index (χ2v) is 20.0. The van der Waals surface area contributed by atoms with E-state index in [1.165, 1.54) is 50.2 Å². The first-order valence-corrected chi connectivity index (χ1v) is 25.9. The molecule has 4 aromatic rings. The van der Waals surface area contributed by atoms with E-state index >= 15 is 0 Å². The van der Waals surface area contributed by atoms with Crippen LogP contribution >= 0.6 is 0 Å². The van der Waals surface area contributed by atoms with Crippen LogP contribution < -0.4 is 21.5 Å². The van der Waals surface area contributed by atoms with Gasteiger partial charge in [0, 0.05) is 53.7 Å². The minimum Gasteiger partial charge on any atom is -0.372 e. The lowest BCUT2D eigenvalue weighted by molar-refractivity contribution is 0.484. The summed E-state index contributed by atoms with van der Waals surface area (Å²) in [6, 6.07) is 27.1. The van der Waals surface area contributed by atoms with Crippen molar-refractivity contribution in [2.24, 2.45) is 22.5 Å². The summed E-state index contributed by atoms with van der Waals surface area (Å²) in [4.78, 5) is 9.94. The molecule has 0 aliphatic carbocycles. The van der Waals surface area contributed by atoms with Crippen molar-refractivity contribution in [3.05, 3.63) is 173 Å². The van der Waals surface area contributed by atoms with Crippen LogP contribution in [0.3, 0.4) is 0 Å². The molecule has 2 atom stereocenters. The first-order chi connectivity index (χ1) is 33.0. The number of nitrogens with zero attached hydrogens (tertiary/aromatic N) is 4. The number of hydrazine groups is 1. The van der Waals surface area contributed by atoms with E-state index < -0.39 is 5.54 Å². The fourth-order valence-corrected chi connectivity index (χ4v) is 9.75. The van der Waals surface area contributed by atoms with E-state index in [0.29, 0.717) is 6.42 Å². The van der Waals surface area contributed by atoms with Crippen LogP contribution in [0.5, 0.6) is 0 Å². The lowest BCUT2D eigenvalue weighted by Crippen LogP contribution is -2.38. The number of aliphatic imine (C=N–C) groups is 1. The maximum Gasteiger partial charge on any atom is 0.0704 e. The molecule has 6 nitrogen and oxygen atoms in total. The Morgan fingerprint density at radius 2 is 1.41 bits per heavy atom. The van der Waals surface area contributed by atoms with Crippen LogP contribution in [-0.2, 0) is 25.7 Å². The van der Waals surface area contributed by atoms with Crippen LogP contribution in [0.15, 0.2) is 128 Å². The molecule has 5 rings (SSSR count). The van der Waals surface area contributed by atoms with Crippen molar-refractivity contribution in [1.82, 2.24) is 4.90 Å². The Bertz CT molecular complexity index is 2490. The van der Waals surface area contributed by atoms with Gasteiger partial charge >= 0.3 is 0 Å². The maximum atomic E-state index is 6.99. The lowest BCUT2D eigenvalue weighted by Gasteiger charge is -2.27. The highest BCUT2D eigenvalue weighted by Gasteiger charge is 2.27. The number of allylic oxidation sites excluding steroid dienone is 3. The molecule has 6 heteroatoms. The summed E-state index contributed by atoms with van der Waals surface area (Å²) in [5, 5.41) is 1.66. The number of hydrogen-bond acceptors (Lipinski definition) is 6. The van der Waals surface area contributed by atoms with Gasteiger partial charge in [-0.1, -0.05) is 110 Å². The van der Waals surface area contributed by atoms with Gasteiger partial charge in [0.15, 0.2) is 0 Å². The molecule has 1 unspecified atom stereocenters. The van der Waals surface area contributed by atoms with Gasteiger partial charge < -0.3 is 15.5 Å². The molecule has 0 saturated carbocycles. The van der Waals surface area contributed by atoms with Crippen LogP contribution in [0, 0.1) is 12.8 Å². The molecule has 0 radical (unpaired) electrons. The van der Waals surface area contributed by atoms with Gasteiger partial charge in [-0.15, -0.1) is 6.58 Å². The van der Waals surface area contributed by atoms with Crippen molar-refractivity contribution in [3.63, 3.8) is 0 Å². The molecular weight excluding hydrogens is 841 g/mol. The van der Waals surface area contributed by atoms with Gasteiger partial charge in [0.2, 0.25) is 0 Å². The van der Waals surface area contributed by atoms with E-state index in [0.717, 1.165) is 122 Å². The summed E-state index contributed by atoms with van der Waals surface area (Å²) in [5.41, 5.74) is 26.5. The Balaban J connectivity index is 1.23. The Kier molecular flexibility index (Phi) is 19.9. The highest BCUT2D eigenvalue weighted by Crippen LogP contribution is 2.38. The molecule has 0 amide bonds.